The molecule has 2 aromatic rings. The lowest BCUT2D eigenvalue weighted by molar-refractivity contribution is 0.0809. The van der Waals surface area contributed by atoms with Crippen LogP contribution in [0.5, 0.6) is 0 Å². The molecule has 1 aromatic carbocycles. The first-order valence-electron chi connectivity index (χ1n) is 7.98. The Morgan fingerprint density at radius 3 is 3.00 bits per heavy atom. The molecule has 3 nitrogen and oxygen atoms in total. The van der Waals surface area contributed by atoms with E-state index in [2.05, 4.69) is 9.88 Å². The predicted molar refractivity (Wildman–Crippen MR) is 97.4 cm³/mol. The highest BCUT2D eigenvalue weighted by Crippen LogP contribution is 2.27. The highest BCUT2D eigenvalue weighted by molar-refractivity contribution is 7.98. The third-order valence-electron chi connectivity index (χ3n) is 4.30. The monoisotopic (exact) mass is 346 g/mol. The van der Waals surface area contributed by atoms with Crippen molar-refractivity contribution >= 4 is 28.9 Å². The van der Waals surface area contributed by atoms with Gasteiger partial charge in [-0.25, -0.2) is 4.98 Å². The Bertz CT molecular complexity index is 683. The van der Waals surface area contributed by atoms with Gasteiger partial charge in [0.2, 0.25) is 0 Å². The van der Waals surface area contributed by atoms with E-state index in [0.717, 1.165) is 47.9 Å². The lowest BCUT2D eigenvalue weighted by Crippen LogP contribution is -2.38. The molecule has 1 aliphatic rings. The second-order valence-corrected chi connectivity index (χ2v) is 8.15. The average molecular weight is 347 g/mol. The van der Waals surface area contributed by atoms with Gasteiger partial charge in [0.15, 0.2) is 5.78 Å². The van der Waals surface area contributed by atoms with E-state index in [4.69, 9.17) is 0 Å². The Morgan fingerprint density at radius 2 is 2.26 bits per heavy atom. The standard InChI is InChI=1S/C18H22N2OS2/c1-13-19-10-15(23-13)12-20-9-5-6-14(11-20)18(21)16-7-3-4-8-17(16)22-2/h3-4,7-8,10,14H,5-6,9,11-12H2,1-2H3/t14-/m0/s1. The summed E-state index contributed by atoms with van der Waals surface area (Å²) in [5.74, 6) is 0.422. The number of piperidine rings is 1. The van der Waals surface area contributed by atoms with Crippen LogP contribution < -0.4 is 0 Å². The van der Waals surface area contributed by atoms with E-state index in [9.17, 15) is 4.79 Å². The molecule has 23 heavy (non-hydrogen) atoms. The molecule has 122 valence electrons. The van der Waals surface area contributed by atoms with Gasteiger partial charge >= 0.3 is 0 Å². The molecule has 1 saturated heterocycles. The summed E-state index contributed by atoms with van der Waals surface area (Å²) in [6.07, 6.45) is 6.09. The molecule has 0 N–H and O–H groups in total. The molecule has 0 radical (unpaired) electrons. The number of nitrogens with zero attached hydrogens (tertiary/aromatic N) is 2. The van der Waals surface area contributed by atoms with Gasteiger partial charge in [-0.15, -0.1) is 23.1 Å². The predicted octanol–water partition coefficient (Wildman–Crippen LogP) is 4.27. The summed E-state index contributed by atoms with van der Waals surface area (Å²) in [5.41, 5.74) is 0.889. The van der Waals surface area contributed by atoms with Crippen molar-refractivity contribution < 1.29 is 4.79 Å². The zero-order valence-corrected chi connectivity index (χ0v) is 15.3. The van der Waals surface area contributed by atoms with Crippen LogP contribution in [0.25, 0.3) is 0 Å². The van der Waals surface area contributed by atoms with E-state index >= 15 is 0 Å². The molecule has 0 bridgehead atoms. The highest BCUT2D eigenvalue weighted by Gasteiger charge is 2.27. The molecule has 1 aromatic heterocycles. The maximum absolute atomic E-state index is 12.9. The third-order valence-corrected chi connectivity index (χ3v) is 5.99. The van der Waals surface area contributed by atoms with Crippen molar-refractivity contribution in [3.05, 3.63) is 45.9 Å². The van der Waals surface area contributed by atoms with Crippen LogP contribution in [0.3, 0.4) is 0 Å². The number of hydrogen-bond donors (Lipinski definition) is 0. The number of thiazole rings is 1. The van der Waals surface area contributed by atoms with Crippen LogP contribution in [0.15, 0.2) is 35.4 Å². The Labute approximate surface area is 146 Å². The number of thioether (sulfide) groups is 1. The van der Waals surface area contributed by atoms with Crippen LogP contribution in [0.1, 0.15) is 33.1 Å². The van der Waals surface area contributed by atoms with Crippen LogP contribution in [0, 0.1) is 12.8 Å². The smallest absolute Gasteiger partial charge is 0.168 e. The summed E-state index contributed by atoms with van der Waals surface area (Å²) < 4.78 is 0. The second-order valence-electron chi connectivity index (χ2n) is 5.98. The summed E-state index contributed by atoms with van der Waals surface area (Å²) in [6.45, 7) is 4.89. The van der Waals surface area contributed by atoms with E-state index in [1.54, 1.807) is 23.1 Å². The summed E-state index contributed by atoms with van der Waals surface area (Å²) in [4.78, 5) is 22.0. The largest absolute Gasteiger partial charge is 0.297 e. The topological polar surface area (TPSA) is 33.2 Å². The minimum Gasteiger partial charge on any atom is -0.297 e. The number of carbonyl (C=O) groups excluding carboxylic acids is 1. The first kappa shape index (κ1) is 16.7. The van der Waals surface area contributed by atoms with Gasteiger partial charge in [0.25, 0.3) is 0 Å². The van der Waals surface area contributed by atoms with Gasteiger partial charge in [-0.1, -0.05) is 18.2 Å². The number of aryl methyl sites for hydroxylation is 1. The lowest BCUT2D eigenvalue weighted by atomic mass is 9.90. The van der Waals surface area contributed by atoms with Crippen molar-refractivity contribution in [3.63, 3.8) is 0 Å². The second kappa shape index (κ2) is 7.60. The molecule has 1 aliphatic heterocycles. The average Bonchev–Trinajstić information content (AvgIpc) is 2.99. The summed E-state index contributed by atoms with van der Waals surface area (Å²) >= 11 is 3.41. The molecule has 0 spiro atoms. The maximum Gasteiger partial charge on any atom is 0.168 e. The number of rotatable bonds is 5. The van der Waals surface area contributed by atoms with Crippen LogP contribution in [0.4, 0.5) is 0 Å². The number of aromatic nitrogens is 1. The zero-order chi connectivity index (χ0) is 16.2. The maximum atomic E-state index is 12.9. The Balaban J connectivity index is 1.69. The molecule has 5 heteroatoms. The Morgan fingerprint density at radius 1 is 1.43 bits per heavy atom. The number of hydrogen-bond acceptors (Lipinski definition) is 5. The van der Waals surface area contributed by atoms with Crippen LogP contribution in [0.2, 0.25) is 0 Å². The normalized spacial score (nSPS) is 19.0. The Hall–Kier alpha value is -1.17. The quantitative estimate of drug-likeness (QED) is 0.598. The molecule has 0 amide bonds. The molecule has 2 heterocycles. The summed E-state index contributed by atoms with van der Waals surface area (Å²) in [7, 11) is 0. The fourth-order valence-corrected chi connectivity index (χ4v) is 4.62. The van der Waals surface area contributed by atoms with Crippen molar-refractivity contribution in [2.24, 2.45) is 5.92 Å². The summed E-state index contributed by atoms with van der Waals surface area (Å²) in [5, 5.41) is 1.11. The van der Waals surface area contributed by atoms with Crippen LogP contribution in [-0.4, -0.2) is 35.0 Å². The highest BCUT2D eigenvalue weighted by atomic mass is 32.2. The van der Waals surface area contributed by atoms with Gasteiger partial charge in [-0.05, 0) is 38.6 Å². The number of carbonyl (C=O) groups is 1. The molecular weight excluding hydrogens is 324 g/mol. The zero-order valence-electron chi connectivity index (χ0n) is 13.6. The first-order chi connectivity index (χ1) is 11.2. The van der Waals surface area contributed by atoms with Gasteiger partial charge < -0.3 is 0 Å². The van der Waals surface area contributed by atoms with Gasteiger partial charge in [0.05, 0.1) is 5.01 Å². The van der Waals surface area contributed by atoms with Gasteiger partial charge in [-0.2, -0.15) is 0 Å². The summed E-state index contributed by atoms with van der Waals surface area (Å²) in [6, 6.07) is 7.98. The fraction of sp³-hybridized carbons (Fsp3) is 0.444. The number of ketones is 1. The van der Waals surface area contributed by atoms with Gasteiger partial charge in [0.1, 0.15) is 0 Å². The minimum atomic E-state index is 0.117. The number of likely N-dealkylation sites (tertiary alicyclic amines) is 1. The van der Waals surface area contributed by atoms with Crippen LogP contribution >= 0.6 is 23.1 Å². The molecular formula is C18H22N2OS2. The van der Waals surface area contributed by atoms with Crippen LogP contribution in [-0.2, 0) is 6.54 Å². The van der Waals surface area contributed by atoms with E-state index in [-0.39, 0.29) is 5.92 Å². The van der Waals surface area contributed by atoms with E-state index in [1.807, 2.05) is 43.6 Å². The van der Waals surface area contributed by atoms with Crippen molar-refractivity contribution in [2.75, 3.05) is 19.3 Å². The van der Waals surface area contributed by atoms with Gasteiger partial charge in [0, 0.05) is 40.5 Å². The molecule has 3 rings (SSSR count). The molecule has 0 aliphatic carbocycles. The van der Waals surface area contributed by atoms with Gasteiger partial charge in [-0.3, -0.25) is 9.69 Å². The molecule has 0 saturated carbocycles. The molecule has 1 atom stereocenters. The lowest BCUT2D eigenvalue weighted by Gasteiger charge is -2.31. The van der Waals surface area contributed by atoms with Crippen molar-refractivity contribution in [1.82, 2.24) is 9.88 Å². The van der Waals surface area contributed by atoms with Crippen molar-refractivity contribution in [3.8, 4) is 0 Å². The first-order valence-corrected chi connectivity index (χ1v) is 10.0. The molecule has 0 unspecified atom stereocenters. The fourth-order valence-electron chi connectivity index (χ4n) is 3.18. The Kier molecular flexibility index (Phi) is 5.51. The molecule has 1 fully saturated rings. The van der Waals surface area contributed by atoms with E-state index < -0.39 is 0 Å². The minimum absolute atomic E-state index is 0.117. The number of benzene rings is 1. The van der Waals surface area contributed by atoms with Crippen molar-refractivity contribution in [1.29, 1.82) is 0 Å². The third kappa shape index (κ3) is 4.03. The van der Waals surface area contributed by atoms with Crippen molar-refractivity contribution in [2.45, 2.75) is 31.2 Å². The van der Waals surface area contributed by atoms with E-state index in [0.29, 0.717) is 5.78 Å². The van der Waals surface area contributed by atoms with E-state index in [1.165, 1.54) is 4.88 Å². The number of Topliss-reactive ketones (excluding diaryl/α,β-unsaturated/α-hetero) is 1. The SMILES string of the molecule is CSc1ccccc1C(=O)[C@H]1CCCN(Cc2cnc(C)s2)C1.